The van der Waals surface area contributed by atoms with Crippen LogP contribution < -0.4 is 10.1 Å². The second-order valence-corrected chi connectivity index (χ2v) is 3.29. The molecule has 0 spiro atoms. The maximum Gasteiger partial charge on any atom is 0.320 e. The fraction of sp³-hybridized carbons (Fsp3) is 0.364. The van der Waals surface area contributed by atoms with Crippen molar-refractivity contribution in [2.24, 2.45) is 0 Å². The maximum atomic E-state index is 10.6. The summed E-state index contributed by atoms with van der Waals surface area (Å²) >= 11 is 0. The highest BCUT2D eigenvalue weighted by Gasteiger charge is 2.09. The highest BCUT2D eigenvalue weighted by molar-refractivity contribution is 5.72. The number of rotatable bonds is 5. The highest BCUT2D eigenvalue weighted by Crippen LogP contribution is 2.12. The molecule has 0 amide bonds. The molecule has 0 aliphatic heterocycles. The number of carboxylic acid groups (broad SMARTS) is 1. The minimum absolute atomic E-state index is 0.519. The topological polar surface area (TPSA) is 58.6 Å². The Morgan fingerprint density at radius 1 is 1.60 bits per heavy atom. The van der Waals surface area contributed by atoms with Crippen molar-refractivity contribution in [1.29, 1.82) is 0 Å². The van der Waals surface area contributed by atoms with Gasteiger partial charge in [0.05, 0.1) is 7.11 Å². The smallest absolute Gasteiger partial charge is 0.320 e. The molecule has 1 atom stereocenters. The summed E-state index contributed by atoms with van der Waals surface area (Å²) in [6.45, 7) is 2.13. The van der Waals surface area contributed by atoms with E-state index in [1.807, 2.05) is 24.3 Å². The Balaban J connectivity index is 2.53. The van der Waals surface area contributed by atoms with Gasteiger partial charge in [0.25, 0.3) is 0 Å². The number of aliphatic carboxylic acids is 1. The lowest BCUT2D eigenvalue weighted by molar-refractivity contribution is -0.139. The summed E-state index contributed by atoms with van der Waals surface area (Å²) in [5.74, 6) is -0.0739. The summed E-state index contributed by atoms with van der Waals surface area (Å²) < 4.78 is 5.07. The van der Waals surface area contributed by atoms with Crippen LogP contribution in [0.15, 0.2) is 24.3 Å². The molecule has 15 heavy (non-hydrogen) atoms. The van der Waals surface area contributed by atoms with Gasteiger partial charge >= 0.3 is 5.97 Å². The van der Waals surface area contributed by atoms with Crippen molar-refractivity contribution in [1.82, 2.24) is 5.32 Å². The van der Waals surface area contributed by atoms with Crippen LogP contribution in [0.25, 0.3) is 0 Å². The van der Waals surface area contributed by atoms with Crippen molar-refractivity contribution in [3.63, 3.8) is 0 Å². The van der Waals surface area contributed by atoms with Gasteiger partial charge in [-0.25, -0.2) is 0 Å². The molecular formula is C11H15NO3. The summed E-state index contributed by atoms with van der Waals surface area (Å²) in [6, 6.07) is 6.98. The van der Waals surface area contributed by atoms with Crippen molar-refractivity contribution in [3.8, 4) is 5.75 Å². The molecule has 0 saturated heterocycles. The Morgan fingerprint density at radius 3 is 2.93 bits per heavy atom. The molecule has 0 aromatic heterocycles. The Labute approximate surface area is 88.9 Å². The number of hydrogen-bond acceptors (Lipinski definition) is 3. The summed E-state index contributed by atoms with van der Waals surface area (Å²) in [7, 11) is 1.60. The van der Waals surface area contributed by atoms with E-state index < -0.39 is 12.0 Å². The van der Waals surface area contributed by atoms with Gasteiger partial charge in [0.1, 0.15) is 11.8 Å². The average molecular weight is 209 g/mol. The normalized spacial score (nSPS) is 12.1. The molecule has 82 valence electrons. The molecule has 4 nitrogen and oxygen atoms in total. The van der Waals surface area contributed by atoms with Crippen molar-refractivity contribution in [2.75, 3.05) is 7.11 Å². The van der Waals surface area contributed by atoms with Crippen LogP contribution >= 0.6 is 0 Å². The van der Waals surface area contributed by atoms with Gasteiger partial charge in [-0.2, -0.15) is 0 Å². The van der Waals surface area contributed by atoms with Crippen molar-refractivity contribution < 1.29 is 14.6 Å². The largest absolute Gasteiger partial charge is 0.497 e. The molecule has 0 bridgehead atoms. The Hall–Kier alpha value is -1.55. The molecule has 2 N–H and O–H groups in total. The Bertz CT molecular complexity index is 338. The molecule has 1 unspecified atom stereocenters. The number of methoxy groups -OCH3 is 1. The van der Waals surface area contributed by atoms with Gasteiger partial charge in [0.2, 0.25) is 0 Å². The SMILES string of the molecule is COc1cccc(CNC(C)C(=O)O)c1. The van der Waals surface area contributed by atoms with Crippen molar-refractivity contribution in [2.45, 2.75) is 19.5 Å². The van der Waals surface area contributed by atoms with Crippen molar-refractivity contribution in [3.05, 3.63) is 29.8 Å². The Morgan fingerprint density at radius 2 is 2.33 bits per heavy atom. The minimum atomic E-state index is -0.849. The molecule has 0 heterocycles. The van der Waals surface area contributed by atoms with Crippen LogP contribution in [0.1, 0.15) is 12.5 Å². The van der Waals surface area contributed by atoms with E-state index in [4.69, 9.17) is 9.84 Å². The van der Waals surface area contributed by atoms with E-state index in [1.165, 1.54) is 0 Å². The fourth-order valence-corrected chi connectivity index (χ4v) is 1.14. The first-order chi connectivity index (χ1) is 7.13. The molecule has 0 aliphatic carbocycles. The van der Waals surface area contributed by atoms with E-state index in [1.54, 1.807) is 14.0 Å². The zero-order chi connectivity index (χ0) is 11.3. The lowest BCUT2D eigenvalue weighted by Gasteiger charge is -2.09. The van der Waals surface area contributed by atoms with Gasteiger partial charge in [-0.15, -0.1) is 0 Å². The summed E-state index contributed by atoms with van der Waals surface area (Å²) in [5, 5.41) is 11.6. The second kappa shape index (κ2) is 5.36. The van der Waals surface area contributed by atoms with E-state index in [9.17, 15) is 4.79 Å². The third-order valence-electron chi connectivity index (χ3n) is 2.12. The zero-order valence-electron chi connectivity index (χ0n) is 8.86. The summed E-state index contributed by atoms with van der Waals surface area (Å²) in [6.07, 6.45) is 0. The second-order valence-electron chi connectivity index (χ2n) is 3.29. The highest BCUT2D eigenvalue weighted by atomic mass is 16.5. The standard InChI is InChI=1S/C11H15NO3/c1-8(11(13)14)12-7-9-4-3-5-10(6-9)15-2/h3-6,8,12H,7H2,1-2H3,(H,13,14). The van der Waals surface area contributed by atoms with E-state index in [-0.39, 0.29) is 0 Å². The fourth-order valence-electron chi connectivity index (χ4n) is 1.14. The first-order valence-corrected chi connectivity index (χ1v) is 4.72. The Kier molecular flexibility index (Phi) is 4.12. The third kappa shape index (κ3) is 3.59. The molecule has 0 aliphatic rings. The molecule has 0 fully saturated rings. The van der Waals surface area contributed by atoms with Gasteiger partial charge in [-0.05, 0) is 24.6 Å². The van der Waals surface area contributed by atoms with E-state index in [2.05, 4.69) is 5.32 Å². The van der Waals surface area contributed by atoms with Gasteiger partial charge in [-0.3, -0.25) is 4.79 Å². The third-order valence-corrected chi connectivity index (χ3v) is 2.12. The lowest BCUT2D eigenvalue weighted by atomic mass is 10.2. The van der Waals surface area contributed by atoms with E-state index in [0.29, 0.717) is 6.54 Å². The van der Waals surface area contributed by atoms with Crippen LogP contribution in [-0.2, 0) is 11.3 Å². The van der Waals surface area contributed by atoms with E-state index in [0.717, 1.165) is 11.3 Å². The molecule has 1 aromatic rings. The number of nitrogens with one attached hydrogen (secondary N) is 1. The van der Waals surface area contributed by atoms with Gasteiger partial charge < -0.3 is 15.2 Å². The maximum absolute atomic E-state index is 10.6. The number of benzene rings is 1. The summed E-state index contributed by atoms with van der Waals surface area (Å²) in [5.41, 5.74) is 1.00. The zero-order valence-corrected chi connectivity index (χ0v) is 8.86. The summed E-state index contributed by atoms with van der Waals surface area (Å²) in [4.78, 5) is 10.6. The van der Waals surface area contributed by atoms with Crippen LogP contribution in [0.5, 0.6) is 5.75 Å². The average Bonchev–Trinajstić information content (AvgIpc) is 2.26. The first kappa shape index (κ1) is 11.5. The quantitative estimate of drug-likeness (QED) is 0.766. The predicted octanol–water partition coefficient (Wildman–Crippen LogP) is 1.26. The number of carboxylic acids is 1. The minimum Gasteiger partial charge on any atom is -0.497 e. The van der Waals surface area contributed by atoms with E-state index >= 15 is 0 Å². The molecule has 0 saturated carbocycles. The molecular weight excluding hydrogens is 194 g/mol. The molecule has 1 aromatic carbocycles. The molecule has 4 heteroatoms. The lowest BCUT2D eigenvalue weighted by Crippen LogP contribution is -2.33. The van der Waals surface area contributed by atoms with Crippen LogP contribution in [0.2, 0.25) is 0 Å². The van der Waals surface area contributed by atoms with Crippen LogP contribution in [0.3, 0.4) is 0 Å². The van der Waals surface area contributed by atoms with Crippen LogP contribution in [-0.4, -0.2) is 24.2 Å². The van der Waals surface area contributed by atoms with Gasteiger partial charge in [0, 0.05) is 6.54 Å². The van der Waals surface area contributed by atoms with Crippen LogP contribution in [0.4, 0.5) is 0 Å². The monoisotopic (exact) mass is 209 g/mol. The number of carbonyl (C=O) groups is 1. The van der Waals surface area contributed by atoms with Gasteiger partial charge in [-0.1, -0.05) is 12.1 Å². The van der Waals surface area contributed by atoms with Crippen LogP contribution in [0, 0.1) is 0 Å². The predicted molar refractivity (Wildman–Crippen MR) is 56.9 cm³/mol. The van der Waals surface area contributed by atoms with Crippen molar-refractivity contribution >= 4 is 5.97 Å². The first-order valence-electron chi connectivity index (χ1n) is 4.72. The van der Waals surface area contributed by atoms with Gasteiger partial charge in [0.15, 0.2) is 0 Å². The molecule has 1 rings (SSSR count). The number of ether oxygens (including phenoxy) is 1. The number of hydrogen-bond donors (Lipinski definition) is 2. The molecule has 0 radical (unpaired) electrons.